The van der Waals surface area contributed by atoms with E-state index in [1.54, 1.807) is 13.8 Å². The van der Waals surface area contributed by atoms with Gasteiger partial charge >= 0.3 is 0 Å². The van der Waals surface area contributed by atoms with Crippen LogP contribution in [0.2, 0.25) is 0 Å². The monoisotopic (exact) mass is 235 g/mol. The quantitative estimate of drug-likeness (QED) is 0.410. The second-order valence-electron chi connectivity index (χ2n) is 3.12. The summed E-state index contributed by atoms with van der Waals surface area (Å²) in [6, 6.07) is 0. The lowest BCUT2D eigenvalue weighted by atomic mass is 10.3. The maximum Gasteiger partial charge on any atom is 0.292 e. The highest BCUT2D eigenvalue weighted by Gasteiger charge is 2.35. The summed E-state index contributed by atoms with van der Waals surface area (Å²) in [5, 5.41) is 8.65. The molecule has 96 valence electrons. The van der Waals surface area contributed by atoms with Crippen LogP contribution in [0, 0.1) is 0 Å². The van der Waals surface area contributed by atoms with Gasteiger partial charge in [-0.15, -0.1) is 0 Å². The van der Waals surface area contributed by atoms with Crippen molar-refractivity contribution in [1.29, 1.82) is 0 Å². The number of rotatable bonds is 10. The molecule has 0 radical (unpaired) electrons. The third-order valence-electron chi connectivity index (χ3n) is 1.74. The number of carbonyl (C=O) groups excluding carboxylic acids is 1. The second kappa shape index (κ2) is 8.46. The van der Waals surface area contributed by atoms with Gasteiger partial charge in [0.1, 0.15) is 6.42 Å². The normalized spacial score (nSPS) is 11.7. The molecule has 0 spiro atoms. The summed E-state index contributed by atoms with van der Waals surface area (Å²) in [5.41, 5.74) is 5.12. The number of nitrogens with two attached hydrogens (primary N) is 1. The van der Waals surface area contributed by atoms with Crippen molar-refractivity contribution in [1.82, 2.24) is 0 Å². The summed E-state index contributed by atoms with van der Waals surface area (Å²) in [7, 11) is 0. The first-order chi connectivity index (χ1) is 7.60. The van der Waals surface area contributed by atoms with Gasteiger partial charge in [-0.25, -0.2) is 0 Å². The van der Waals surface area contributed by atoms with E-state index in [-0.39, 0.29) is 19.6 Å². The van der Waals surface area contributed by atoms with E-state index in [2.05, 4.69) is 0 Å². The number of aliphatic hydroxyl groups is 1. The first-order valence-electron chi connectivity index (χ1n) is 5.41. The van der Waals surface area contributed by atoms with Crippen LogP contribution in [0.15, 0.2) is 0 Å². The molecule has 0 aliphatic heterocycles. The summed E-state index contributed by atoms with van der Waals surface area (Å²) in [4.78, 5) is 10.9. The van der Waals surface area contributed by atoms with Crippen LogP contribution in [0.3, 0.4) is 0 Å². The lowest BCUT2D eigenvalue weighted by Crippen LogP contribution is -2.43. The maximum atomic E-state index is 10.9. The van der Waals surface area contributed by atoms with Gasteiger partial charge in [-0.05, 0) is 20.3 Å². The molecule has 3 N–H and O–H groups in total. The Morgan fingerprint density at radius 3 is 2.19 bits per heavy atom. The van der Waals surface area contributed by atoms with E-state index in [0.717, 1.165) is 0 Å². The van der Waals surface area contributed by atoms with Crippen LogP contribution in [0.25, 0.3) is 0 Å². The van der Waals surface area contributed by atoms with Crippen LogP contribution in [-0.4, -0.2) is 43.4 Å². The number of hydrogen-bond acceptors (Lipinski definition) is 5. The molecule has 0 aromatic heterocycles. The molecular formula is C10H21NO5. The van der Waals surface area contributed by atoms with Crippen LogP contribution < -0.4 is 5.73 Å². The number of primary amides is 1. The van der Waals surface area contributed by atoms with E-state index in [0.29, 0.717) is 19.6 Å². The molecule has 1 amide bonds. The summed E-state index contributed by atoms with van der Waals surface area (Å²) in [6.07, 6.45) is 0.279. The van der Waals surface area contributed by atoms with Gasteiger partial charge in [0.25, 0.3) is 5.97 Å². The van der Waals surface area contributed by atoms with Crippen LogP contribution in [-0.2, 0) is 19.0 Å². The number of amides is 1. The molecule has 0 aliphatic carbocycles. The van der Waals surface area contributed by atoms with E-state index >= 15 is 0 Å². The third kappa shape index (κ3) is 6.02. The average Bonchev–Trinajstić information content (AvgIpc) is 2.17. The van der Waals surface area contributed by atoms with Crippen LogP contribution in [0.4, 0.5) is 0 Å². The molecule has 0 unspecified atom stereocenters. The zero-order chi connectivity index (χ0) is 12.4. The lowest BCUT2D eigenvalue weighted by Gasteiger charge is -2.31. The fourth-order valence-corrected chi connectivity index (χ4v) is 1.22. The van der Waals surface area contributed by atoms with Crippen molar-refractivity contribution in [2.45, 2.75) is 32.7 Å². The Balaban J connectivity index is 4.43. The molecule has 0 aromatic rings. The van der Waals surface area contributed by atoms with E-state index in [9.17, 15) is 4.79 Å². The molecule has 0 rings (SSSR count). The Bertz CT molecular complexity index is 192. The molecule has 0 saturated carbocycles. The molecular weight excluding hydrogens is 214 g/mol. The van der Waals surface area contributed by atoms with Crippen molar-refractivity contribution in [3.63, 3.8) is 0 Å². The molecule has 0 aliphatic rings. The predicted molar refractivity (Wildman–Crippen MR) is 57.4 cm³/mol. The van der Waals surface area contributed by atoms with Crippen LogP contribution in [0.5, 0.6) is 0 Å². The van der Waals surface area contributed by atoms with Gasteiger partial charge in [0, 0.05) is 19.8 Å². The summed E-state index contributed by atoms with van der Waals surface area (Å²) < 4.78 is 16.0. The molecule has 0 fully saturated rings. The van der Waals surface area contributed by atoms with E-state index in [4.69, 9.17) is 25.1 Å². The van der Waals surface area contributed by atoms with Crippen LogP contribution in [0.1, 0.15) is 26.7 Å². The standard InChI is InChI=1S/C10H21NO5/c1-3-14-10(15-4-2,8-9(11)13)16-7-5-6-12/h12H,3-8H2,1-2H3,(H2,11,13). The topological polar surface area (TPSA) is 91.0 Å². The molecule has 0 saturated heterocycles. The molecule has 0 heterocycles. The lowest BCUT2D eigenvalue weighted by molar-refractivity contribution is -0.376. The highest BCUT2D eigenvalue weighted by molar-refractivity contribution is 5.74. The molecule has 6 heteroatoms. The Kier molecular flexibility index (Phi) is 8.10. The van der Waals surface area contributed by atoms with Gasteiger partial charge < -0.3 is 25.1 Å². The van der Waals surface area contributed by atoms with Crippen LogP contribution >= 0.6 is 0 Å². The molecule has 0 bridgehead atoms. The van der Waals surface area contributed by atoms with Gasteiger partial charge in [0.05, 0.1) is 6.61 Å². The molecule has 16 heavy (non-hydrogen) atoms. The van der Waals surface area contributed by atoms with Gasteiger partial charge in [-0.2, -0.15) is 0 Å². The Hall–Kier alpha value is -0.690. The minimum absolute atomic E-state index is 0.00486. The highest BCUT2D eigenvalue weighted by Crippen LogP contribution is 2.20. The fourth-order valence-electron chi connectivity index (χ4n) is 1.22. The summed E-state index contributed by atoms with van der Waals surface area (Å²) in [5.74, 6) is -1.98. The largest absolute Gasteiger partial charge is 0.396 e. The number of aliphatic hydroxyl groups excluding tert-OH is 1. The third-order valence-corrected chi connectivity index (χ3v) is 1.74. The minimum atomic E-state index is -1.41. The zero-order valence-electron chi connectivity index (χ0n) is 9.90. The van der Waals surface area contributed by atoms with Gasteiger partial charge in [-0.3, -0.25) is 4.79 Å². The summed E-state index contributed by atoms with van der Waals surface area (Å²) in [6.45, 7) is 4.46. The minimum Gasteiger partial charge on any atom is -0.396 e. The molecule has 6 nitrogen and oxygen atoms in total. The average molecular weight is 235 g/mol. The fraction of sp³-hybridized carbons (Fsp3) is 0.900. The summed E-state index contributed by atoms with van der Waals surface area (Å²) >= 11 is 0. The zero-order valence-corrected chi connectivity index (χ0v) is 9.90. The van der Waals surface area contributed by atoms with Gasteiger partial charge in [0.15, 0.2) is 0 Å². The highest BCUT2D eigenvalue weighted by atomic mass is 16.9. The van der Waals surface area contributed by atoms with Gasteiger partial charge in [0.2, 0.25) is 5.91 Å². The Morgan fingerprint density at radius 2 is 1.81 bits per heavy atom. The number of hydrogen-bond donors (Lipinski definition) is 2. The van der Waals surface area contributed by atoms with Crippen molar-refractivity contribution >= 4 is 5.91 Å². The van der Waals surface area contributed by atoms with Crippen molar-refractivity contribution < 1.29 is 24.1 Å². The smallest absolute Gasteiger partial charge is 0.292 e. The first kappa shape index (κ1) is 15.3. The SMILES string of the molecule is CCOC(CC(N)=O)(OCC)OCCCO. The Morgan fingerprint density at radius 1 is 1.25 bits per heavy atom. The van der Waals surface area contributed by atoms with E-state index in [1.165, 1.54) is 0 Å². The van der Waals surface area contributed by atoms with E-state index < -0.39 is 11.9 Å². The molecule has 0 atom stereocenters. The Labute approximate surface area is 95.7 Å². The van der Waals surface area contributed by atoms with Crippen molar-refractivity contribution in [3.05, 3.63) is 0 Å². The number of ether oxygens (including phenoxy) is 3. The maximum absolute atomic E-state index is 10.9. The van der Waals surface area contributed by atoms with Gasteiger partial charge in [-0.1, -0.05) is 0 Å². The second-order valence-corrected chi connectivity index (χ2v) is 3.12. The van der Waals surface area contributed by atoms with Crippen molar-refractivity contribution in [2.24, 2.45) is 5.73 Å². The van der Waals surface area contributed by atoms with Crippen molar-refractivity contribution in [3.8, 4) is 0 Å². The number of carbonyl (C=O) groups is 1. The van der Waals surface area contributed by atoms with E-state index in [1.807, 2.05) is 0 Å². The first-order valence-corrected chi connectivity index (χ1v) is 5.41. The predicted octanol–water partition coefficient (Wildman–Crippen LogP) is -0.0124. The molecule has 0 aromatic carbocycles. The van der Waals surface area contributed by atoms with Crippen molar-refractivity contribution in [2.75, 3.05) is 26.4 Å².